The summed E-state index contributed by atoms with van der Waals surface area (Å²) in [6, 6.07) is 3.32. The fourth-order valence-electron chi connectivity index (χ4n) is 3.27. The summed E-state index contributed by atoms with van der Waals surface area (Å²) in [5.41, 5.74) is 6.89. The number of hydrogen-bond acceptors (Lipinski definition) is 12. The van der Waals surface area contributed by atoms with E-state index in [4.69, 9.17) is 24.4 Å². The molecule has 6 atom stereocenters. The summed E-state index contributed by atoms with van der Waals surface area (Å²) in [6.07, 6.45) is -0.234. The van der Waals surface area contributed by atoms with E-state index in [0.29, 0.717) is 12.0 Å². The highest BCUT2D eigenvalue weighted by molar-refractivity contribution is 7.47. The number of phosphoric ester groups is 1. The van der Waals surface area contributed by atoms with Crippen LogP contribution in [0.15, 0.2) is 37.2 Å². The number of nitrogen functional groups attached to an aromatic ring is 1. The minimum Gasteiger partial charge on any atom is -0.387 e. The molecule has 33 heavy (non-hydrogen) atoms. The number of anilines is 1. The lowest BCUT2D eigenvalue weighted by molar-refractivity contribution is -0.168. The second-order valence-corrected chi connectivity index (χ2v) is 8.58. The minimum absolute atomic E-state index is 0.136. The zero-order chi connectivity index (χ0) is 23.6. The number of rotatable bonds is 9. The third-order valence-electron chi connectivity index (χ3n) is 4.98. The van der Waals surface area contributed by atoms with E-state index in [2.05, 4.69) is 19.9 Å². The molecule has 178 valence electrons. The van der Waals surface area contributed by atoms with Gasteiger partial charge in [0.15, 0.2) is 11.3 Å². The van der Waals surface area contributed by atoms with E-state index in [0.717, 1.165) is 4.73 Å². The number of fused-ring (bicyclic) bond motifs is 1. The fourth-order valence-corrected chi connectivity index (χ4v) is 4.26. The van der Waals surface area contributed by atoms with Crippen LogP contribution in [0.2, 0.25) is 0 Å². The Bertz CT molecular complexity index is 1130. The van der Waals surface area contributed by atoms with Crippen LogP contribution in [0.5, 0.6) is 0 Å². The molecule has 1 saturated heterocycles. The van der Waals surface area contributed by atoms with Crippen LogP contribution in [0, 0.1) is 0 Å². The number of hydrogen-bond donors (Lipinski definition) is 4. The zero-order valence-electron chi connectivity index (χ0n) is 17.4. The van der Waals surface area contributed by atoms with Crippen molar-refractivity contribution in [1.29, 1.82) is 0 Å². The maximum Gasteiger partial charge on any atom is 0.472 e. The highest BCUT2D eigenvalue weighted by atomic mass is 31.2. The molecule has 14 nitrogen and oxygen atoms in total. The molecular formula is C18H23N6O8P. The van der Waals surface area contributed by atoms with Crippen LogP contribution < -0.4 is 10.6 Å². The predicted octanol–water partition coefficient (Wildman–Crippen LogP) is -0.0363. The summed E-state index contributed by atoms with van der Waals surface area (Å²) in [5, 5.41) is 20.6. The molecule has 2 unspecified atom stereocenters. The van der Waals surface area contributed by atoms with Gasteiger partial charge in [-0.2, -0.15) is 0 Å². The topological polar surface area (TPSA) is 197 Å². The van der Waals surface area contributed by atoms with Crippen LogP contribution in [0.3, 0.4) is 0 Å². The van der Waals surface area contributed by atoms with Crippen LogP contribution in [-0.2, 0) is 18.3 Å². The Morgan fingerprint density at radius 2 is 2.00 bits per heavy atom. The molecule has 0 radical (unpaired) electrons. The van der Waals surface area contributed by atoms with Gasteiger partial charge >= 0.3 is 7.82 Å². The van der Waals surface area contributed by atoms with Gasteiger partial charge in [-0.05, 0) is 24.1 Å². The van der Waals surface area contributed by atoms with Gasteiger partial charge in [0, 0.05) is 12.4 Å². The second kappa shape index (κ2) is 9.65. The molecule has 0 aromatic carbocycles. The van der Waals surface area contributed by atoms with Gasteiger partial charge in [0.05, 0.1) is 12.7 Å². The fraction of sp³-hybridized carbons (Fsp3) is 0.444. The van der Waals surface area contributed by atoms with Gasteiger partial charge in [0.2, 0.25) is 5.65 Å². The van der Waals surface area contributed by atoms with Crippen LogP contribution >= 0.6 is 7.82 Å². The quantitative estimate of drug-likeness (QED) is 0.297. The Labute approximate surface area is 187 Å². The van der Waals surface area contributed by atoms with Crippen molar-refractivity contribution in [3.8, 4) is 0 Å². The Balaban J connectivity index is 1.37. The first-order valence-electron chi connectivity index (χ1n) is 9.97. The molecule has 4 heterocycles. The first kappa shape index (κ1) is 23.4. The maximum absolute atomic E-state index is 12.4. The molecule has 4 rings (SSSR count). The summed E-state index contributed by atoms with van der Waals surface area (Å²) in [6.45, 7) is 1.24. The van der Waals surface area contributed by atoms with Gasteiger partial charge in [-0.25, -0.2) is 19.5 Å². The average molecular weight is 482 g/mol. The van der Waals surface area contributed by atoms with Crippen molar-refractivity contribution in [2.45, 2.75) is 44.1 Å². The van der Waals surface area contributed by atoms with Crippen molar-refractivity contribution in [2.24, 2.45) is 0 Å². The van der Waals surface area contributed by atoms with E-state index in [-0.39, 0.29) is 17.0 Å². The lowest BCUT2D eigenvalue weighted by Gasteiger charge is -2.21. The van der Waals surface area contributed by atoms with E-state index in [9.17, 15) is 19.7 Å². The third-order valence-corrected chi connectivity index (χ3v) is 5.98. The number of nitrogens with two attached hydrogens (primary N) is 1. The highest BCUT2D eigenvalue weighted by Crippen LogP contribution is 2.49. The van der Waals surface area contributed by atoms with E-state index >= 15 is 0 Å². The minimum atomic E-state index is -4.52. The molecule has 0 bridgehead atoms. The largest absolute Gasteiger partial charge is 0.472 e. The molecular weight excluding hydrogens is 459 g/mol. The van der Waals surface area contributed by atoms with Crippen LogP contribution in [0.25, 0.3) is 11.2 Å². The number of ether oxygens (including phenoxy) is 1. The van der Waals surface area contributed by atoms with E-state index in [1.807, 2.05) is 0 Å². The van der Waals surface area contributed by atoms with Gasteiger partial charge in [-0.3, -0.25) is 14.0 Å². The summed E-state index contributed by atoms with van der Waals surface area (Å²) >= 11 is 0. The Hall–Kier alpha value is -2.71. The lowest BCUT2D eigenvalue weighted by atomic mass is 10.1. The standard InChI is InChI=1S/C18H23N6O8P/c1-2-11(10-3-5-20-6-4-10)32-33(27,28)29-7-12-14(25)15(26)18(30-12)31-24-9-23-13-16(19)21-8-22-17(13)24/h3-6,8-9,11-12,14-15,18,25-26H,2,7H2,1H3,(H,27,28)(H2,19,21,22)/t11?,12-,14-,15+,18+/m1/s1. The van der Waals surface area contributed by atoms with Crippen molar-refractivity contribution in [3.05, 3.63) is 42.7 Å². The normalized spacial score (nSPS) is 25.7. The molecule has 15 heteroatoms. The van der Waals surface area contributed by atoms with Gasteiger partial charge in [-0.1, -0.05) is 6.92 Å². The Kier molecular flexibility index (Phi) is 6.86. The third kappa shape index (κ3) is 5.12. The van der Waals surface area contributed by atoms with Gasteiger partial charge in [0.1, 0.15) is 31.0 Å². The number of imidazole rings is 1. The molecule has 1 aliphatic heterocycles. The van der Waals surface area contributed by atoms with Crippen molar-refractivity contribution in [3.63, 3.8) is 0 Å². The SMILES string of the molecule is CCC(OP(=O)(O)OC[C@H]1O[C@@H](On2cnc3c(N)ncnc32)[C@@H](O)[C@@H]1O)c1ccncc1. The molecule has 1 fully saturated rings. The van der Waals surface area contributed by atoms with Crippen molar-refractivity contribution >= 4 is 24.8 Å². The summed E-state index contributed by atoms with van der Waals surface area (Å²) in [4.78, 5) is 31.4. The van der Waals surface area contributed by atoms with Crippen LogP contribution in [0.1, 0.15) is 25.0 Å². The number of aromatic nitrogens is 5. The number of phosphoric acid groups is 1. The first-order chi connectivity index (χ1) is 15.8. The first-order valence-corrected chi connectivity index (χ1v) is 11.5. The molecule has 3 aromatic heterocycles. The Morgan fingerprint density at radius 3 is 2.73 bits per heavy atom. The zero-order valence-corrected chi connectivity index (χ0v) is 18.3. The van der Waals surface area contributed by atoms with E-state index in [1.54, 1.807) is 31.5 Å². The molecule has 0 spiro atoms. The predicted molar refractivity (Wildman–Crippen MR) is 111 cm³/mol. The molecule has 5 N–H and O–H groups in total. The monoisotopic (exact) mass is 482 g/mol. The summed E-state index contributed by atoms with van der Waals surface area (Å²) < 4.78 is 29.3. The maximum atomic E-state index is 12.4. The molecule has 0 amide bonds. The number of aliphatic hydroxyl groups excluding tert-OH is 2. The van der Waals surface area contributed by atoms with Gasteiger partial charge in [0.25, 0.3) is 6.29 Å². The highest BCUT2D eigenvalue weighted by Gasteiger charge is 2.46. The molecule has 0 aliphatic carbocycles. The second-order valence-electron chi connectivity index (χ2n) is 7.18. The van der Waals surface area contributed by atoms with Crippen molar-refractivity contribution in [2.75, 3.05) is 12.3 Å². The smallest absolute Gasteiger partial charge is 0.387 e. The summed E-state index contributed by atoms with van der Waals surface area (Å²) in [7, 11) is -4.52. The van der Waals surface area contributed by atoms with Crippen LogP contribution in [-0.4, -0.2) is 71.0 Å². The lowest BCUT2D eigenvalue weighted by Crippen LogP contribution is -2.38. The van der Waals surface area contributed by atoms with Crippen LogP contribution in [0.4, 0.5) is 5.82 Å². The van der Waals surface area contributed by atoms with E-state index < -0.39 is 45.1 Å². The average Bonchev–Trinajstić information content (AvgIpc) is 3.34. The molecule has 0 saturated carbocycles. The molecule has 1 aliphatic rings. The van der Waals surface area contributed by atoms with Crippen molar-refractivity contribution < 1.29 is 38.3 Å². The number of pyridine rings is 1. The Morgan fingerprint density at radius 1 is 1.24 bits per heavy atom. The molecule has 3 aromatic rings. The summed E-state index contributed by atoms with van der Waals surface area (Å²) in [5.74, 6) is 0.136. The van der Waals surface area contributed by atoms with E-state index in [1.165, 1.54) is 12.7 Å². The van der Waals surface area contributed by atoms with Crippen molar-refractivity contribution in [1.82, 2.24) is 24.7 Å². The number of aliphatic hydroxyl groups is 2. The van der Waals surface area contributed by atoms with Gasteiger partial charge < -0.3 is 30.4 Å². The number of nitrogens with zero attached hydrogens (tertiary/aromatic N) is 5. The van der Waals surface area contributed by atoms with Gasteiger partial charge in [-0.15, -0.1) is 4.73 Å².